The number of aliphatic hydroxyl groups is 1. The molecule has 1 atom stereocenters. The number of likely N-dealkylation sites (N-methyl/N-ethyl adjacent to an activating group) is 1. The Hall–Kier alpha value is -0.0800. The van der Waals surface area contributed by atoms with Crippen molar-refractivity contribution in [2.45, 2.75) is 69.9 Å². The first-order valence-electron chi connectivity index (χ1n) is 7.42. The van der Waals surface area contributed by atoms with E-state index in [1.165, 1.54) is 51.4 Å². The fraction of sp³-hybridized carbons (Fsp3) is 1.00. The van der Waals surface area contributed by atoms with Crippen LogP contribution in [0.5, 0.6) is 0 Å². The maximum atomic E-state index is 10.8. The third-order valence-corrected chi connectivity index (χ3v) is 5.42. The number of nitrogens with zero attached hydrogens (tertiary/aromatic N) is 1. The summed E-state index contributed by atoms with van der Waals surface area (Å²) in [4.78, 5) is 2.31. The van der Waals surface area contributed by atoms with Gasteiger partial charge < -0.3 is 10.0 Å². The topological polar surface area (TPSA) is 23.5 Å². The molecule has 0 aromatic rings. The lowest BCUT2D eigenvalue weighted by Crippen LogP contribution is -2.54. The van der Waals surface area contributed by atoms with Crippen LogP contribution in [0.2, 0.25) is 0 Å². The predicted octanol–water partition coefficient (Wildman–Crippen LogP) is 3.05. The van der Waals surface area contributed by atoms with Crippen molar-refractivity contribution >= 4 is 0 Å². The minimum Gasteiger partial charge on any atom is -0.391 e. The van der Waals surface area contributed by atoms with Gasteiger partial charge in [-0.3, -0.25) is 0 Å². The largest absolute Gasteiger partial charge is 0.391 e. The predicted molar refractivity (Wildman–Crippen MR) is 72.0 cm³/mol. The Labute approximate surface area is 106 Å². The molecular weight excluding hydrogens is 210 g/mol. The Morgan fingerprint density at radius 3 is 2.06 bits per heavy atom. The van der Waals surface area contributed by atoms with Crippen molar-refractivity contribution in [2.75, 3.05) is 14.1 Å². The van der Waals surface area contributed by atoms with E-state index >= 15 is 0 Å². The maximum Gasteiger partial charge on any atom is 0.0751 e. The summed E-state index contributed by atoms with van der Waals surface area (Å²) < 4.78 is 0. The molecule has 0 spiro atoms. The van der Waals surface area contributed by atoms with Crippen molar-refractivity contribution in [1.29, 1.82) is 0 Å². The Bertz CT molecular complexity index is 237. The second-order valence-electron chi connectivity index (χ2n) is 6.67. The summed E-state index contributed by atoms with van der Waals surface area (Å²) >= 11 is 0. The number of rotatable bonds is 3. The molecule has 2 heteroatoms. The molecule has 0 heterocycles. The van der Waals surface area contributed by atoms with Crippen LogP contribution in [-0.4, -0.2) is 35.7 Å². The van der Waals surface area contributed by atoms with Gasteiger partial charge in [0.1, 0.15) is 0 Å². The van der Waals surface area contributed by atoms with E-state index in [1.54, 1.807) is 0 Å². The maximum absolute atomic E-state index is 10.8. The molecule has 0 bridgehead atoms. The molecule has 0 aromatic carbocycles. The fourth-order valence-electron chi connectivity index (χ4n) is 4.04. The lowest BCUT2D eigenvalue weighted by molar-refractivity contribution is -0.0503. The standard InChI is InChI=1S/C15H29NO/c1-12-6-8-13(9-7-12)14(17)15(16(2)3)10-4-5-11-15/h12-14,17H,4-11H2,1-3H3. The van der Waals surface area contributed by atoms with Gasteiger partial charge in [-0.05, 0) is 51.6 Å². The lowest BCUT2D eigenvalue weighted by atomic mass is 9.73. The molecule has 0 aromatic heterocycles. The SMILES string of the molecule is CC1CCC(C(O)C2(N(C)C)CCCC2)CC1. The highest BCUT2D eigenvalue weighted by atomic mass is 16.3. The van der Waals surface area contributed by atoms with Gasteiger partial charge in [0, 0.05) is 5.54 Å². The van der Waals surface area contributed by atoms with E-state index in [-0.39, 0.29) is 11.6 Å². The van der Waals surface area contributed by atoms with E-state index in [4.69, 9.17) is 0 Å². The molecule has 0 aliphatic heterocycles. The molecule has 2 nitrogen and oxygen atoms in total. The number of hydrogen-bond acceptors (Lipinski definition) is 2. The van der Waals surface area contributed by atoms with Gasteiger partial charge in [0.2, 0.25) is 0 Å². The molecule has 2 aliphatic carbocycles. The first-order chi connectivity index (χ1) is 8.06. The summed E-state index contributed by atoms with van der Waals surface area (Å²) in [5.74, 6) is 1.42. The Balaban J connectivity index is 2.04. The fourth-order valence-corrected chi connectivity index (χ4v) is 4.04. The van der Waals surface area contributed by atoms with E-state index in [0.29, 0.717) is 5.92 Å². The highest BCUT2D eigenvalue weighted by Gasteiger charge is 2.45. The Morgan fingerprint density at radius 1 is 1.06 bits per heavy atom. The van der Waals surface area contributed by atoms with E-state index in [2.05, 4.69) is 25.9 Å². The number of hydrogen-bond donors (Lipinski definition) is 1. The Morgan fingerprint density at radius 2 is 1.59 bits per heavy atom. The summed E-state index contributed by atoms with van der Waals surface area (Å²) in [5.41, 5.74) is 0.0885. The number of aliphatic hydroxyl groups excluding tert-OH is 1. The summed E-state index contributed by atoms with van der Waals surface area (Å²) in [6.07, 6.45) is 9.94. The van der Waals surface area contributed by atoms with Crippen molar-refractivity contribution < 1.29 is 5.11 Å². The van der Waals surface area contributed by atoms with Gasteiger partial charge in [-0.25, -0.2) is 0 Å². The molecule has 2 saturated carbocycles. The molecule has 1 unspecified atom stereocenters. The van der Waals surface area contributed by atoms with Crippen LogP contribution < -0.4 is 0 Å². The minimum atomic E-state index is -0.104. The van der Waals surface area contributed by atoms with Crippen LogP contribution in [0.1, 0.15) is 58.3 Å². The van der Waals surface area contributed by atoms with Crippen LogP contribution >= 0.6 is 0 Å². The molecule has 0 radical (unpaired) electrons. The molecule has 2 rings (SSSR count). The molecule has 2 aliphatic rings. The van der Waals surface area contributed by atoms with Gasteiger partial charge in [-0.2, -0.15) is 0 Å². The third kappa shape index (κ3) is 2.53. The minimum absolute atomic E-state index is 0.0885. The van der Waals surface area contributed by atoms with E-state index in [9.17, 15) is 5.11 Å². The van der Waals surface area contributed by atoms with Gasteiger partial charge in [-0.15, -0.1) is 0 Å². The average molecular weight is 239 g/mol. The Kier molecular flexibility index (Phi) is 4.14. The van der Waals surface area contributed by atoms with Crippen LogP contribution in [0, 0.1) is 11.8 Å². The highest BCUT2D eigenvalue weighted by Crippen LogP contribution is 2.43. The zero-order valence-electron chi connectivity index (χ0n) is 11.8. The second-order valence-corrected chi connectivity index (χ2v) is 6.67. The zero-order chi connectivity index (χ0) is 12.5. The summed E-state index contributed by atoms with van der Waals surface area (Å²) in [5, 5.41) is 10.8. The van der Waals surface area contributed by atoms with E-state index in [1.807, 2.05) is 0 Å². The van der Waals surface area contributed by atoms with E-state index < -0.39 is 0 Å². The van der Waals surface area contributed by atoms with Crippen LogP contribution in [-0.2, 0) is 0 Å². The van der Waals surface area contributed by atoms with Crippen LogP contribution in [0.4, 0.5) is 0 Å². The van der Waals surface area contributed by atoms with Gasteiger partial charge in [0.05, 0.1) is 6.10 Å². The second kappa shape index (κ2) is 5.27. The molecule has 100 valence electrons. The van der Waals surface area contributed by atoms with Gasteiger partial charge >= 0.3 is 0 Å². The zero-order valence-corrected chi connectivity index (χ0v) is 11.8. The first kappa shape index (κ1) is 13.4. The van der Waals surface area contributed by atoms with Crippen molar-refractivity contribution in [3.05, 3.63) is 0 Å². The van der Waals surface area contributed by atoms with Gasteiger partial charge in [-0.1, -0.05) is 32.6 Å². The molecule has 0 saturated heterocycles. The molecule has 1 N–H and O–H groups in total. The van der Waals surface area contributed by atoms with Crippen LogP contribution in [0.3, 0.4) is 0 Å². The van der Waals surface area contributed by atoms with Crippen LogP contribution in [0.25, 0.3) is 0 Å². The lowest BCUT2D eigenvalue weighted by Gasteiger charge is -2.45. The van der Waals surface area contributed by atoms with Crippen LogP contribution in [0.15, 0.2) is 0 Å². The van der Waals surface area contributed by atoms with Crippen molar-refractivity contribution in [2.24, 2.45) is 11.8 Å². The molecule has 2 fully saturated rings. The molecule has 17 heavy (non-hydrogen) atoms. The first-order valence-corrected chi connectivity index (χ1v) is 7.42. The third-order valence-electron chi connectivity index (χ3n) is 5.42. The van der Waals surface area contributed by atoms with Crippen molar-refractivity contribution in [3.8, 4) is 0 Å². The summed E-state index contributed by atoms with van der Waals surface area (Å²) in [6, 6.07) is 0. The smallest absolute Gasteiger partial charge is 0.0751 e. The van der Waals surface area contributed by atoms with Gasteiger partial charge in [0.25, 0.3) is 0 Å². The monoisotopic (exact) mass is 239 g/mol. The van der Waals surface area contributed by atoms with E-state index in [0.717, 1.165) is 5.92 Å². The van der Waals surface area contributed by atoms with Gasteiger partial charge in [0.15, 0.2) is 0 Å². The molecule has 0 amide bonds. The van der Waals surface area contributed by atoms with Crippen molar-refractivity contribution in [3.63, 3.8) is 0 Å². The quantitative estimate of drug-likeness (QED) is 0.818. The molecular formula is C15H29NO. The highest BCUT2D eigenvalue weighted by molar-refractivity contribution is 5.01. The van der Waals surface area contributed by atoms with Crippen molar-refractivity contribution in [1.82, 2.24) is 4.90 Å². The summed E-state index contributed by atoms with van der Waals surface area (Å²) in [6.45, 7) is 2.35. The summed E-state index contributed by atoms with van der Waals surface area (Å²) in [7, 11) is 4.31. The normalized spacial score (nSPS) is 35.1. The average Bonchev–Trinajstić information content (AvgIpc) is 2.79.